The number of nitrogens with zero attached hydrogens (tertiary/aromatic N) is 2. The first-order chi connectivity index (χ1) is 13.0. The van der Waals surface area contributed by atoms with E-state index in [1.54, 1.807) is 20.4 Å². The third-order valence-corrected chi connectivity index (χ3v) is 5.61. The smallest absolute Gasteiger partial charge is 0.270 e. The quantitative estimate of drug-likeness (QED) is 0.834. The van der Waals surface area contributed by atoms with Crippen molar-refractivity contribution in [1.29, 1.82) is 0 Å². The number of ether oxygens (including phenoxy) is 2. The van der Waals surface area contributed by atoms with Crippen molar-refractivity contribution < 1.29 is 14.3 Å². The molecule has 4 rings (SSSR count). The maximum Gasteiger partial charge on any atom is 0.270 e. The number of hydrogen-bond acceptors (Lipinski definition) is 4. The van der Waals surface area contributed by atoms with E-state index in [2.05, 4.69) is 16.0 Å². The summed E-state index contributed by atoms with van der Waals surface area (Å²) in [6, 6.07) is 12.3. The Balaban J connectivity index is 1.76. The van der Waals surface area contributed by atoms with E-state index >= 15 is 0 Å². The molecule has 140 valence electrons. The Morgan fingerprint density at radius 3 is 2.74 bits per heavy atom. The molecule has 0 fully saturated rings. The topological polar surface area (TPSA) is 51.1 Å². The Morgan fingerprint density at radius 1 is 1.19 bits per heavy atom. The molecule has 0 N–H and O–H groups in total. The van der Waals surface area contributed by atoms with Crippen LogP contribution in [0.5, 0.6) is 11.5 Å². The summed E-state index contributed by atoms with van der Waals surface area (Å²) in [4.78, 5) is 19.2. The highest BCUT2D eigenvalue weighted by molar-refractivity contribution is 6.05. The van der Waals surface area contributed by atoms with Gasteiger partial charge in [0.25, 0.3) is 5.91 Å². The summed E-state index contributed by atoms with van der Waals surface area (Å²) in [5, 5.41) is 0. The van der Waals surface area contributed by atoms with Gasteiger partial charge in [-0.1, -0.05) is 24.3 Å². The number of carbonyl (C=O) groups excluding carboxylic acids is 1. The minimum absolute atomic E-state index is 0.113. The highest BCUT2D eigenvalue weighted by Crippen LogP contribution is 2.43. The van der Waals surface area contributed by atoms with E-state index in [1.807, 2.05) is 44.2 Å². The molecule has 0 spiro atoms. The van der Waals surface area contributed by atoms with Crippen molar-refractivity contribution in [3.63, 3.8) is 0 Å². The summed E-state index contributed by atoms with van der Waals surface area (Å²) in [6.07, 6.45) is 3.38. The number of hydrogen-bond donors (Lipinski definition) is 0. The maximum atomic E-state index is 12.7. The van der Waals surface area contributed by atoms with Crippen molar-refractivity contribution in [3.05, 3.63) is 53.1 Å². The second-order valence-corrected chi connectivity index (χ2v) is 7.59. The van der Waals surface area contributed by atoms with E-state index in [4.69, 9.17) is 9.47 Å². The molecule has 1 amide bonds. The molecule has 0 saturated heterocycles. The minimum Gasteiger partial charge on any atom is -0.497 e. The van der Waals surface area contributed by atoms with Crippen LogP contribution in [0, 0.1) is 0 Å². The zero-order valence-electron chi connectivity index (χ0n) is 16.2. The second kappa shape index (κ2) is 6.41. The molecule has 5 nitrogen and oxygen atoms in total. The van der Waals surface area contributed by atoms with Crippen LogP contribution < -0.4 is 14.4 Å². The molecule has 2 heterocycles. The van der Waals surface area contributed by atoms with Crippen LogP contribution in [-0.4, -0.2) is 37.9 Å². The lowest BCUT2D eigenvalue weighted by Gasteiger charge is -2.39. The summed E-state index contributed by atoms with van der Waals surface area (Å²) >= 11 is 0. The van der Waals surface area contributed by atoms with Gasteiger partial charge in [-0.25, -0.2) is 4.99 Å². The Hall–Kier alpha value is -2.82. The molecular weight excluding hydrogens is 340 g/mol. The Morgan fingerprint density at radius 2 is 2.00 bits per heavy atom. The number of carbonyl (C=O) groups is 1. The molecular formula is C22H24N2O3. The fourth-order valence-corrected chi connectivity index (χ4v) is 4.26. The zero-order valence-corrected chi connectivity index (χ0v) is 16.2. The van der Waals surface area contributed by atoms with Crippen molar-refractivity contribution in [1.82, 2.24) is 0 Å². The van der Waals surface area contributed by atoms with Gasteiger partial charge < -0.3 is 14.4 Å². The molecule has 27 heavy (non-hydrogen) atoms. The zero-order chi connectivity index (χ0) is 19.2. The van der Waals surface area contributed by atoms with Crippen molar-refractivity contribution in [3.8, 4) is 11.5 Å². The van der Waals surface area contributed by atoms with Crippen LogP contribution in [0.25, 0.3) is 0 Å². The third-order valence-electron chi connectivity index (χ3n) is 5.61. The fraction of sp³-hybridized carbons (Fsp3) is 0.364. The lowest BCUT2D eigenvalue weighted by Crippen LogP contribution is -2.53. The van der Waals surface area contributed by atoms with Crippen LogP contribution >= 0.6 is 0 Å². The lowest BCUT2D eigenvalue weighted by atomic mass is 9.96. The number of rotatable bonds is 4. The van der Waals surface area contributed by atoms with Crippen LogP contribution in [0.4, 0.5) is 5.69 Å². The van der Waals surface area contributed by atoms with E-state index in [0.29, 0.717) is 0 Å². The van der Waals surface area contributed by atoms with Crippen LogP contribution in [0.1, 0.15) is 30.5 Å². The average molecular weight is 364 g/mol. The number of benzene rings is 2. The van der Waals surface area contributed by atoms with Gasteiger partial charge in [0.1, 0.15) is 17.0 Å². The molecule has 0 saturated carbocycles. The number of aliphatic imine (C=N–C) groups is 1. The van der Waals surface area contributed by atoms with Crippen molar-refractivity contribution in [2.75, 3.05) is 19.1 Å². The van der Waals surface area contributed by atoms with E-state index in [1.165, 1.54) is 5.56 Å². The van der Waals surface area contributed by atoms with E-state index < -0.39 is 5.54 Å². The van der Waals surface area contributed by atoms with Crippen molar-refractivity contribution in [2.45, 2.75) is 38.3 Å². The first-order valence-electron chi connectivity index (χ1n) is 9.16. The predicted molar refractivity (Wildman–Crippen MR) is 106 cm³/mol. The SMILES string of the molecule is COc1ccc(CC2Cc3cccc4c3N2C(C)(C)C(=O)N=C4)c(OC)c1. The van der Waals surface area contributed by atoms with Crippen molar-refractivity contribution >= 4 is 17.8 Å². The Bertz CT molecular complexity index is 933. The van der Waals surface area contributed by atoms with Crippen LogP contribution in [0.2, 0.25) is 0 Å². The highest BCUT2D eigenvalue weighted by atomic mass is 16.5. The predicted octanol–water partition coefficient (Wildman–Crippen LogP) is 3.42. The largest absolute Gasteiger partial charge is 0.497 e. The number of anilines is 1. The molecule has 2 aromatic rings. The van der Waals surface area contributed by atoms with Gasteiger partial charge in [0.15, 0.2) is 0 Å². The van der Waals surface area contributed by atoms with Gasteiger partial charge in [-0.3, -0.25) is 4.79 Å². The molecule has 2 aliphatic heterocycles. The maximum absolute atomic E-state index is 12.7. The summed E-state index contributed by atoms with van der Waals surface area (Å²) in [7, 11) is 3.32. The molecule has 0 radical (unpaired) electrons. The first-order valence-corrected chi connectivity index (χ1v) is 9.16. The van der Waals surface area contributed by atoms with Gasteiger partial charge in [0.2, 0.25) is 0 Å². The second-order valence-electron chi connectivity index (χ2n) is 7.59. The van der Waals surface area contributed by atoms with Crippen LogP contribution in [0.3, 0.4) is 0 Å². The van der Waals surface area contributed by atoms with E-state index in [0.717, 1.165) is 41.2 Å². The Kier molecular flexibility index (Phi) is 4.17. The summed E-state index contributed by atoms with van der Waals surface area (Å²) in [5.41, 5.74) is 3.81. The van der Waals surface area contributed by atoms with E-state index in [-0.39, 0.29) is 11.9 Å². The lowest BCUT2D eigenvalue weighted by molar-refractivity contribution is -0.121. The third kappa shape index (κ3) is 2.78. The van der Waals surface area contributed by atoms with Crippen molar-refractivity contribution in [2.24, 2.45) is 4.99 Å². The number of methoxy groups -OCH3 is 2. The van der Waals surface area contributed by atoms with Gasteiger partial charge >= 0.3 is 0 Å². The monoisotopic (exact) mass is 364 g/mol. The normalized spacial score (nSPS) is 19.6. The standard InChI is InChI=1S/C22H24N2O3/c1-22(2)21(25)23-13-16-7-5-6-15-11-17(24(22)20(15)16)10-14-8-9-18(26-3)12-19(14)27-4/h5-9,12-13,17H,10-11H2,1-4H3. The van der Waals surface area contributed by atoms with Gasteiger partial charge in [-0.2, -0.15) is 0 Å². The van der Waals surface area contributed by atoms with Crippen LogP contribution in [0.15, 0.2) is 41.4 Å². The molecule has 1 atom stereocenters. The molecule has 0 aromatic heterocycles. The molecule has 2 aliphatic rings. The summed E-state index contributed by atoms with van der Waals surface area (Å²) in [5.74, 6) is 1.46. The summed E-state index contributed by atoms with van der Waals surface area (Å²) in [6.45, 7) is 3.92. The van der Waals surface area contributed by atoms with Gasteiger partial charge in [0.05, 0.1) is 14.2 Å². The van der Waals surface area contributed by atoms with Gasteiger partial charge in [-0.05, 0) is 43.9 Å². The molecule has 5 heteroatoms. The van der Waals surface area contributed by atoms with Crippen LogP contribution in [-0.2, 0) is 17.6 Å². The Labute approximate surface area is 159 Å². The molecule has 0 bridgehead atoms. The molecule has 0 aliphatic carbocycles. The first kappa shape index (κ1) is 17.6. The van der Waals surface area contributed by atoms with Gasteiger partial charge in [0, 0.05) is 29.6 Å². The molecule has 2 aromatic carbocycles. The fourth-order valence-electron chi connectivity index (χ4n) is 4.26. The van der Waals surface area contributed by atoms with E-state index in [9.17, 15) is 4.79 Å². The number of amides is 1. The molecule has 1 unspecified atom stereocenters. The number of para-hydroxylation sites is 1. The minimum atomic E-state index is -0.696. The van der Waals surface area contributed by atoms with Gasteiger partial charge in [-0.15, -0.1) is 0 Å². The summed E-state index contributed by atoms with van der Waals surface area (Å²) < 4.78 is 10.9. The highest BCUT2D eigenvalue weighted by Gasteiger charge is 2.45. The average Bonchev–Trinajstić information content (AvgIpc) is 3.00.